The lowest BCUT2D eigenvalue weighted by Crippen LogP contribution is -2.10. The summed E-state index contributed by atoms with van der Waals surface area (Å²) in [7, 11) is 0. The highest BCUT2D eigenvalue weighted by atomic mass is 32.2. The summed E-state index contributed by atoms with van der Waals surface area (Å²) >= 11 is 1.27. The zero-order chi connectivity index (χ0) is 19.6. The lowest BCUT2D eigenvalue weighted by Gasteiger charge is -2.18. The number of carbonyl (C=O) groups excluding carboxylic acids is 1. The Labute approximate surface area is 164 Å². The van der Waals surface area contributed by atoms with Crippen molar-refractivity contribution in [2.45, 2.75) is 45.3 Å². The summed E-state index contributed by atoms with van der Waals surface area (Å²) in [5.74, 6) is 0.808. The molecule has 0 unspecified atom stereocenters. The molecular weight excluding hydrogens is 356 g/mol. The maximum atomic E-state index is 12.5. The van der Waals surface area contributed by atoms with E-state index < -0.39 is 0 Å². The van der Waals surface area contributed by atoms with E-state index >= 15 is 0 Å². The zero-order valence-electron chi connectivity index (χ0n) is 16.4. The molecule has 0 aliphatic rings. The molecule has 27 heavy (non-hydrogen) atoms. The van der Waals surface area contributed by atoms with Crippen molar-refractivity contribution in [3.8, 4) is 11.5 Å². The fourth-order valence-electron chi connectivity index (χ4n) is 2.74. The minimum absolute atomic E-state index is 0.0653. The summed E-state index contributed by atoms with van der Waals surface area (Å²) in [6, 6.07) is 14.0. The molecule has 0 saturated heterocycles. The van der Waals surface area contributed by atoms with Crippen LogP contribution in [0.25, 0.3) is 11.5 Å². The summed E-state index contributed by atoms with van der Waals surface area (Å²) in [5, 5.41) is 8.58. The van der Waals surface area contributed by atoms with Crippen LogP contribution in [0.3, 0.4) is 0 Å². The molecule has 3 rings (SSSR count). The van der Waals surface area contributed by atoms with Crippen molar-refractivity contribution in [1.29, 1.82) is 0 Å². The van der Waals surface area contributed by atoms with E-state index in [1.807, 2.05) is 44.2 Å². The molecule has 0 spiro atoms. The first-order valence-corrected chi connectivity index (χ1v) is 9.90. The number of rotatable bonds is 5. The van der Waals surface area contributed by atoms with E-state index in [4.69, 9.17) is 4.42 Å². The highest BCUT2D eigenvalue weighted by molar-refractivity contribution is 7.99. The predicted molar refractivity (Wildman–Crippen MR) is 109 cm³/mol. The first-order chi connectivity index (χ1) is 12.7. The minimum Gasteiger partial charge on any atom is -0.411 e. The number of ketones is 1. The van der Waals surface area contributed by atoms with Crippen molar-refractivity contribution in [3.63, 3.8) is 0 Å². The normalized spacial score (nSPS) is 11.6. The molecule has 1 aromatic heterocycles. The van der Waals surface area contributed by atoms with Gasteiger partial charge in [0.05, 0.1) is 5.75 Å². The van der Waals surface area contributed by atoms with Gasteiger partial charge in [-0.3, -0.25) is 4.79 Å². The highest BCUT2D eigenvalue weighted by Crippen LogP contribution is 2.27. The van der Waals surface area contributed by atoms with Crippen molar-refractivity contribution in [1.82, 2.24) is 10.2 Å². The third-order valence-electron chi connectivity index (χ3n) is 4.42. The van der Waals surface area contributed by atoms with Gasteiger partial charge in [0.15, 0.2) is 5.78 Å². The number of Topliss-reactive ketones (excluding diaryl/α,β-unsaturated/α-hetero) is 1. The molecule has 3 aromatic rings. The molecule has 1 heterocycles. The van der Waals surface area contributed by atoms with Crippen LogP contribution >= 0.6 is 11.8 Å². The van der Waals surface area contributed by atoms with Gasteiger partial charge in [0.2, 0.25) is 5.89 Å². The van der Waals surface area contributed by atoms with Crippen LogP contribution in [0.4, 0.5) is 0 Å². The maximum Gasteiger partial charge on any atom is 0.277 e. The Balaban J connectivity index is 1.67. The van der Waals surface area contributed by atoms with E-state index in [0.717, 1.165) is 22.3 Å². The van der Waals surface area contributed by atoms with Crippen LogP contribution in [0.2, 0.25) is 0 Å². The average molecular weight is 381 g/mol. The van der Waals surface area contributed by atoms with Gasteiger partial charge in [-0.1, -0.05) is 62.4 Å². The quantitative estimate of drug-likeness (QED) is 0.424. The van der Waals surface area contributed by atoms with E-state index in [1.165, 1.54) is 17.3 Å². The number of benzene rings is 2. The first-order valence-electron chi connectivity index (χ1n) is 8.92. The number of aromatic nitrogens is 2. The Morgan fingerprint density at radius 1 is 1.04 bits per heavy atom. The summed E-state index contributed by atoms with van der Waals surface area (Å²) < 4.78 is 5.72. The van der Waals surface area contributed by atoms with E-state index in [9.17, 15) is 4.79 Å². The van der Waals surface area contributed by atoms with Crippen molar-refractivity contribution in [2.75, 3.05) is 5.75 Å². The molecule has 5 heteroatoms. The summed E-state index contributed by atoms with van der Waals surface area (Å²) in [4.78, 5) is 12.5. The van der Waals surface area contributed by atoms with E-state index in [1.54, 1.807) is 0 Å². The fraction of sp³-hybridized carbons (Fsp3) is 0.318. The fourth-order valence-corrected chi connectivity index (χ4v) is 3.39. The molecule has 0 atom stereocenters. The summed E-state index contributed by atoms with van der Waals surface area (Å²) in [5.41, 5.74) is 5.04. The topological polar surface area (TPSA) is 56.0 Å². The third-order valence-corrected chi connectivity index (χ3v) is 5.24. The van der Waals surface area contributed by atoms with E-state index in [0.29, 0.717) is 11.1 Å². The molecule has 140 valence electrons. The standard InChI is InChI=1S/C22H24N2O2S/c1-14-6-7-15(2)18(12-14)19(25)13-27-21-24-23-20(26-21)16-8-10-17(11-9-16)22(3,4)5/h6-12H,13H2,1-5H3. The summed E-state index contributed by atoms with van der Waals surface area (Å²) in [6.45, 7) is 10.5. The SMILES string of the molecule is Cc1ccc(C)c(C(=O)CSc2nnc(-c3ccc(C(C)(C)C)cc3)o2)c1. The van der Waals surface area contributed by atoms with Crippen molar-refractivity contribution in [2.24, 2.45) is 0 Å². The number of thioether (sulfide) groups is 1. The Hall–Kier alpha value is -2.40. The van der Waals surface area contributed by atoms with Gasteiger partial charge in [-0.25, -0.2) is 0 Å². The second-order valence-electron chi connectivity index (χ2n) is 7.73. The average Bonchev–Trinajstić information content (AvgIpc) is 3.10. The number of aryl methyl sites for hydroxylation is 2. The second kappa shape index (κ2) is 7.69. The molecule has 4 nitrogen and oxygen atoms in total. The van der Waals surface area contributed by atoms with Gasteiger partial charge in [-0.15, -0.1) is 10.2 Å². The number of hydrogen-bond acceptors (Lipinski definition) is 5. The molecule has 0 bridgehead atoms. The molecule has 0 N–H and O–H groups in total. The highest BCUT2D eigenvalue weighted by Gasteiger charge is 2.16. The molecule has 0 aliphatic heterocycles. The molecule has 0 saturated carbocycles. The summed E-state index contributed by atoms with van der Waals surface area (Å²) in [6.07, 6.45) is 0. The first kappa shape index (κ1) is 19.4. The van der Waals surface area contributed by atoms with Crippen LogP contribution in [-0.2, 0) is 5.41 Å². The molecule has 2 aromatic carbocycles. The number of hydrogen-bond donors (Lipinski definition) is 0. The zero-order valence-corrected chi connectivity index (χ0v) is 17.2. The predicted octanol–water partition coefficient (Wildman–Crippen LogP) is 5.63. The van der Waals surface area contributed by atoms with Crippen molar-refractivity contribution in [3.05, 3.63) is 64.7 Å². The van der Waals surface area contributed by atoms with Crippen molar-refractivity contribution >= 4 is 17.5 Å². The maximum absolute atomic E-state index is 12.5. The molecular formula is C22H24N2O2S. The largest absolute Gasteiger partial charge is 0.411 e. The van der Waals surface area contributed by atoms with Crippen LogP contribution in [0.1, 0.15) is 47.8 Å². The third kappa shape index (κ3) is 4.66. The van der Waals surface area contributed by atoms with Crippen LogP contribution in [-0.4, -0.2) is 21.7 Å². The Bertz CT molecular complexity index is 953. The molecule has 0 amide bonds. The smallest absolute Gasteiger partial charge is 0.277 e. The van der Waals surface area contributed by atoms with Crippen LogP contribution in [0.15, 0.2) is 52.1 Å². The Morgan fingerprint density at radius 2 is 1.74 bits per heavy atom. The van der Waals surface area contributed by atoms with Crippen LogP contribution in [0.5, 0.6) is 0 Å². The second-order valence-corrected chi connectivity index (χ2v) is 8.66. The van der Waals surface area contributed by atoms with Gasteiger partial charge < -0.3 is 4.42 Å². The monoisotopic (exact) mass is 380 g/mol. The van der Waals surface area contributed by atoms with Gasteiger partial charge in [0.25, 0.3) is 5.22 Å². The van der Waals surface area contributed by atoms with Crippen molar-refractivity contribution < 1.29 is 9.21 Å². The molecule has 0 radical (unpaired) electrons. The number of nitrogens with zero attached hydrogens (tertiary/aromatic N) is 2. The Morgan fingerprint density at radius 3 is 2.41 bits per heavy atom. The van der Waals surface area contributed by atoms with E-state index in [2.05, 4.69) is 43.1 Å². The van der Waals surface area contributed by atoms with Gasteiger partial charge in [-0.2, -0.15) is 0 Å². The van der Waals surface area contributed by atoms with E-state index in [-0.39, 0.29) is 17.0 Å². The molecule has 0 fully saturated rings. The van der Waals surface area contributed by atoms with Crippen LogP contribution < -0.4 is 0 Å². The Kier molecular flexibility index (Phi) is 5.51. The van der Waals surface area contributed by atoms with Gasteiger partial charge >= 0.3 is 0 Å². The van der Waals surface area contributed by atoms with Gasteiger partial charge in [0, 0.05) is 11.1 Å². The lowest BCUT2D eigenvalue weighted by atomic mass is 9.87. The lowest BCUT2D eigenvalue weighted by molar-refractivity contribution is 0.102. The van der Waals surface area contributed by atoms with Gasteiger partial charge in [-0.05, 0) is 48.6 Å². The molecule has 0 aliphatic carbocycles. The van der Waals surface area contributed by atoms with Crippen LogP contribution in [0, 0.1) is 13.8 Å². The minimum atomic E-state index is 0.0653. The number of carbonyl (C=O) groups is 1. The van der Waals surface area contributed by atoms with Gasteiger partial charge in [0.1, 0.15) is 0 Å².